The number of benzene rings is 1. The lowest BCUT2D eigenvalue weighted by atomic mass is 10.0. The van der Waals surface area contributed by atoms with Crippen molar-refractivity contribution in [3.8, 4) is 0 Å². The zero-order valence-electron chi connectivity index (χ0n) is 10.1. The van der Waals surface area contributed by atoms with E-state index in [1.54, 1.807) is 0 Å². The quantitative estimate of drug-likeness (QED) is 0.813. The minimum absolute atomic E-state index is 0.656. The highest BCUT2D eigenvalue weighted by molar-refractivity contribution is 6.30. The van der Waals surface area contributed by atoms with Crippen LogP contribution in [0.3, 0.4) is 0 Å². The van der Waals surface area contributed by atoms with E-state index in [0.29, 0.717) is 12.6 Å². The molecule has 0 aliphatic carbocycles. The SMILES string of the molecule is Clc1cccc(COCC[C@@H]2CCCCN2)c1. The first-order valence-corrected chi connectivity index (χ1v) is 6.78. The maximum absolute atomic E-state index is 5.91. The molecule has 2 rings (SSSR count). The van der Waals surface area contributed by atoms with Gasteiger partial charge in [0.15, 0.2) is 0 Å². The summed E-state index contributed by atoms with van der Waals surface area (Å²) in [6.07, 6.45) is 5.08. The van der Waals surface area contributed by atoms with Gasteiger partial charge in [-0.2, -0.15) is 0 Å². The third-order valence-corrected chi connectivity index (χ3v) is 3.42. The van der Waals surface area contributed by atoms with Gasteiger partial charge in [0, 0.05) is 17.7 Å². The third kappa shape index (κ3) is 4.66. The van der Waals surface area contributed by atoms with Gasteiger partial charge < -0.3 is 10.1 Å². The molecule has 1 aliphatic heterocycles. The highest BCUT2D eigenvalue weighted by Gasteiger charge is 2.11. The Balaban J connectivity index is 1.62. The summed E-state index contributed by atoms with van der Waals surface area (Å²) >= 11 is 5.91. The average molecular weight is 254 g/mol. The normalized spacial score (nSPS) is 20.4. The van der Waals surface area contributed by atoms with Crippen LogP contribution >= 0.6 is 11.6 Å². The Bertz CT molecular complexity index is 337. The number of hydrogen-bond donors (Lipinski definition) is 1. The molecule has 1 saturated heterocycles. The van der Waals surface area contributed by atoms with Gasteiger partial charge in [-0.05, 0) is 43.5 Å². The van der Waals surface area contributed by atoms with Crippen molar-refractivity contribution in [3.05, 3.63) is 34.9 Å². The van der Waals surface area contributed by atoms with Crippen LogP contribution in [0.1, 0.15) is 31.2 Å². The molecule has 0 spiro atoms. The minimum atomic E-state index is 0.656. The molecule has 0 amide bonds. The lowest BCUT2D eigenvalue weighted by Crippen LogP contribution is -2.34. The van der Waals surface area contributed by atoms with Crippen LogP contribution in [0.2, 0.25) is 5.02 Å². The summed E-state index contributed by atoms with van der Waals surface area (Å²) in [5.74, 6) is 0. The van der Waals surface area contributed by atoms with E-state index in [2.05, 4.69) is 5.32 Å². The average Bonchev–Trinajstić information content (AvgIpc) is 2.36. The molecule has 0 radical (unpaired) electrons. The molecule has 1 aromatic carbocycles. The summed E-state index contributed by atoms with van der Waals surface area (Å²) in [5.41, 5.74) is 1.15. The van der Waals surface area contributed by atoms with Crippen molar-refractivity contribution in [2.45, 2.75) is 38.3 Å². The Labute approximate surface area is 108 Å². The molecule has 2 nitrogen and oxygen atoms in total. The molecule has 1 heterocycles. The van der Waals surface area contributed by atoms with Crippen molar-refractivity contribution in [2.24, 2.45) is 0 Å². The number of nitrogens with one attached hydrogen (secondary N) is 1. The first kappa shape index (κ1) is 12.9. The summed E-state index contributed by atoms with van der Waals surface area (Å²) < 4.78 is 5.68. The highest BCUT2D eigenvalue weighted by Crippen LogP contribution is 2.13. The second kappa shape index (κ2) is 7.00. The van der Waals surface area contributed by atoms with Crippen molar-refractivity contribution in [3.63, 3.8) is 0 Å². The molecule has 3 heteroatoms. The van der Waals surface area contributed by atoms with Crippen molar-refractivity contribution in [1.82, 2.24) is 5.32 Å². The van der Waals surface area contributed by atoms with E-state index in [1.165, 1.54) is 25.8 Å². The van der Waals surface area contributed by atoms with Crippen molar-refractivity contribution >= 4 is 11.6 Å². The van der Waals surface area contributed by atoms with Gasteiger partial charge in [-0.1, -0.05) is 30.2 Å². The van der Waals surface area contributed by atoms with E-state index in [0.717, 1.165) is 23.6 Å². The van der Waals surface area contributed by atoms with Crippen molar-refractivity contribution in [2.75, 3.05) is 13.2 Å². The first-order chi connectivity index (χ1) is 8.34. The van der Waals surface area contributed by atoms with Crippen LogP contribution in [0.4, 0.5) is 0 Å². The molecular formula is C14H20ClNO. The lowest BCUT2D eigenvalue weighted by Gasteiger charge is -2.23. The highest BCUT2D eigenvalue weighted by atomic mass is 35.5. The van der Waals surface area contributed by atoms with Gasteiger partial charge in [-0.15, -0.1) is 0 Å². The van der Waals surface area contributed by atoms with Crippen LogP contribution in [0.5, 0.6) is 0 Å². The van der Waals surface area contributed by atoms with Gasteiger partial charge in [-0.25, -0.2) is 0 Å². The van der Waals surface area contributed by atoms with Crippen LogP contribution in [0.15, 0.2) is 24.3 Å². The van der Waals surface area contributed by atoms with Crippen LogP contribution in [0.25, 0.3) is 0 Å². The van der Waals surface area contributed by atoms with Crippen LogP contribution < -0.4 is 5.32 Å². The Kier molecular flexibility index (Phi) is 5.30. The lowest BCUT2D eigenvalue weighted by molar-refractivity contribution is 0.108. The molecule has 1 atom stereocenters. The van der Waals surface area contributed by atoms with E-state index in [9.17, 15) is 0 Å². The number of hydrogen-bond acceptors (Lipinski definition) is 2. The summed E-state index contributed by atoms with van der Waals surface area (Å²) in [7, 11) is 0. The molecule has 1 N–H and O–H groups in total. The van der Waals surface area contributed by atoms with E-state index < -0.39 is 0 Å². The van der Waals surface area contributed by atoms with E-state index >= 15 is 0 Å². The molecule has 0 unspecified atom stereocenters. The predicted octanol–water partition coefficient (Wildman–Crippen LogP) is 3.39. The van der Waals surface area contributed by atoms with E-state index in [-0.39, 0.29) is 0 Å². The Hall–Kier alpha value is -0.570. The third-order valence-electron chi connectivity index (χ3n) is 3.18. The summed E-state index contributed by atoms with van der Waals surface area (Å²) in [6, 6.07) is 8.51. The summed E-state index contributed by atoms with van der Waals surface area (Å²) in [5, 5.41) is 4.30. The smallest absolute Gasteiger partial charge is 0.0717 e. The largest absolute Gasteiger partial charge is 0.377 e. The number of halogens is 1. The van der Waals surface area contributed by atoms with Crippen LogP contribution in [-0.2, 0) is 11.3 Å². The van der Waals surface area contributed by atoms with Gasteiger partial charge in [0.2, 0.25) is 0 Å². The molecule has 0 aromatic heterocycles. The molecule has 17 heavy (non-hydrogen) atoms. The van der Waals surface area contributed by atoms with Gasteiger partial charge in [0.1, 0.15) is 0 Å². The molecule has 0 bridgehead atoms. The van der Waals surface area contributed by atoms with E-state index in [1.807, 2.05) is 24.3 Å². The molecule has 0 saturated carbocycles. The summed E-state index contributed by atoms with van der Waals surface area (Å²) in [6.45, 7) is 2.65. The summed E-state index contributed by atoms with van der Waals surface area (Å²) in [4.78, 5) is 0. The van der Waals surface area contributed by atoms with Gasteiger partial charge in [0.05, 0.1) is 6.61 Å². The number of rotatable bonds is 5. The molecule has 1 aromatic rings. The van der Waals surface area contributed by atoms with Crippen LogP contribution in [0, 0.1) is 0 Å². The monoisotopic (exact) mass is 253 g/mol. The van der Waals surface area contributed by atoms with Crippen LogP contribution in [-0.4, -0.2) is 19.2 Å². The van der Waals surface area contributed by atoms with E-state index in [4.69, 9.17) is 16.3 Å². The maximum atomic E-state index is 5.91. The molecule has 1 fully saturated rings. The maximum Gasteiger partial charge on any atom is 0.0717 e. The minimum Gasteiger partial charge on any atom is -0.377 e. The van der Waals surface area contributed by atoms with Gasteiger partial charge in [0.25, 0.3) is 0 Å². The van der Waals surface area contributed by atoms with Crippen molar-refractivity contribution in [1.29, 1.82) is 0 Å². The predicted molar refractivity (Wildman–Crippen MR) is 71.4 cm³/mol. The number of piperidine rings is 1. The fourth-order valence-corrected chi connectivity index (χ4v) is 2.43. The standard InChI is InChI=1S/C14H20ClNO/c15-13-5-3-4-12(10-13)11-17-9-7-14-6-1-2-8-16-14/h3-5,10,14,16H,1-2,6-9,11H2/t14-/m0/s1. The van der Waals surface area contributed by atoms with Crippen molar-refractivity contribution < 1.29 is 4.74 Å². The van der Waals surface area contributed by atoms with Gasteiger partial charge in [-0.3, -0.25) is 0 Å². The number of ether oxygens (including phenoxy) is 1. The first-order valence-electron chi connectivity index (χ1n) is 6.40. The molecule has 94 valence electrons. The molecule has 1 aliphatic rings. The zero-order chi connectivity index (χ0) is 11.9. The Morgan fingerprint density at radius 3 is 3.06 bits per heavy atom. The molecular weight excluding hydrogens is 234 g/mol. The second-order valence-electron chi connectivity index (χ2n) is 4.62. The second-order valence-corrected chi connectivity index (χ2v) is 5.05. The Morgan fingerprint density at radius 1 is 1.35 bits per heavy atom. The fraction of sp³-hybridized carbons (Fsp3) is 0.571. The fourth-order valence-electron chi connectivity index (χ4n) is 2.21. The topological polar surface area (TPSA) is 21.3 Å². The zero-order valence-corrected chi connectivity index (χ0v) is 10.9. The Morgan fingerprint density at radius 2 is 2.29 bits per heavy atom. The van der Waals surface area contributed by atoms with Gasteiger partial charge >= 0.3 is 0 Å².